The number of aromatic nitrogens is 2. The Morgan fingerprint density at radius 2 is 2.30 bits per heavy atom. The van der Waals surface area contributed by atoms with E-state index in [2.05, 4.69) is 10.4 Å². The zero-order valence-corrected chi connectivity index (χ0v) is 11.2. The Labute approximate surface area is 116 Å². The van der Waals surface area contributed by atoms with Crippen LogP contribution in [0, 0.1) is 10.1 Å². The maximum atomic E-state index is 10.8. The first kappa shape index (κ1) is 13.9. The van der Waals surface area contributed by atoms with Gasteiger partial charge in [-0.2, -0.15) is 5.10 Å². The Morgan fingerprint density at radius 1 is 1.45 bits per heavy atom. The molecule has 106 valence electrons. The normalized spacial score (nSPS) is 10.2. The molecular weight excluding hydrogens is 260 g/mol. The highest BCUT2D eigenvalue weighted by atomic mass is 16.6. The molecule has 1 aromatic carbocycles. The minimum absolute atomic E-state index is 0.0129. The van der Waals surface area contributed by atoms with Crippen molar-refractivity contribution in [2.45, 2.75) is 13.0 Å². The number of ether oxygens (including phenoxy) is 1. The van der Waals surface area contributed by atoms with Crippen LogP contribution in [0.1, 0.15) is 6.42 Å². The zero-order valence-electron chi connectivity index (χ0n) is 11.2. The highest BCUT2D eigenvalue weighted by Gasteiger charge is 2.09. The van der Waals surface area contributed by atoms with Crippen molar-refractivity contribution in [3.05, 3.63) is 46.8 Å². The number of nitrogens with one attached hydrogen (secondary N) is 1. The summed E-state index contributed by atoms with van der Waals surface area (Å²) in [5.74, 6) is 0.466. The molecule has 0 aliphatic carbocycles. The van der Waals surface area contributed by atoms with Crippen LogP contribution < -0.4 is 10.1 Å². The van der Waals surface area contributed by atoms with E-state index in [0.29, 0.717) is 18.0 Å². The van der Waals surface area contributed by atoms with Gasteiger partial charge in [0.2, 0.25) is 0 Å². The lowest BCUT2D eigenvalue weighted by Gasteiger charge is -2.08. The van der Waals surface area contributed by atoms with E-state index in [9.17, 15) is 10.1 Å². The van der Waals surface area contributed by atoms with Gasteiger partial charge in [-0.05, 0) is 12.5 Å². The highest BCUT2D eigenvalue weighted by Crippen LogP contribution is 2.25. The Hall–Kier alpha value is -2.57. The van der Waals surface area contributed by atoms with Crippen LogP contribution in [-0.4, -0.2) is 28.4 Å². The van der Waals surface area contributed by atoms with Crippen molar-refractivity contribution in [1.82, 2.24) is 9.78 Å². The Balaban J connectivity index is 1.91. The van der Waals surface area contributed by atoms with Crippen LogP contribution in [-0.2, 0) is 6.54 Å². The number of nitro groups is 1. The smallest absolute Gasteiger partial charge is 0.275 e. The lowest BCUT2D eigenvalue weighted by atomic mass is 10.2. The molecule has 0 atom stereocenters. The second kappa shape index (κ2) is 6.55. The van der Waals surface area contributed by atoms with E-state index < -0.39 is 4.92 Å². The van der Waals surface area contributed by atoms with Gasteiger partial charge in [-0.3, -0.25) is 14.8 Å². The lowest BCUT2D eigenvalue weighted by molar-refractivity contribution is -0.384. The summed E-state index contributed by atoms with van der Waals surface area (Å²) in [6.07, 6.45) is 4.50. The molecule has 0 unspecified atom stereocenters. The molecule has 0 aliphatic heterocycles. The third-order valence-electron chi connectivity index (χ3n) is 2.79. The summed E-state index contributed by atoms with van der Waals surface area (Å²) >= 11 is 0. The van der Waals surface area contributed by atoms with Gasteiger partial charge in [0, 0.05) is 43.3 Å². The van der Waals surface area contributed by atoms with Crippen LogP contribution >= 0.6 is 0 Å². The predicted molar refractivity (Wildman–Crippen MR) is 75.0 cm³/mol. The number of rotatable bonds is 7. The largest absolute Gasteiger partial charge is 0.496 e. The molecule has 0 spiro atoms. The molecule has 1 aromatic heterocycles. The minimum Gasteiger partial charge on any atom is -0.496 e. The summed E-state index contributed by atoms with van der Waals surface area (Å²) in [4.78, 5) is 10.4. The summed E-state index contributed by atoms with van der Waals surface area (Å²) in [5.41, 5.74) is 0.690. The first-order chi connectivity index (χ1) is 9.69. The van der Waals surface area contributed by atoms with Crippen LogP contribution in [0.5, 0.6) is 5.75 Å². The molecule has 0 radical (unpaired) electrons. The fourth-order valence-electron chi connectivity index (χ4n) is 1.82. The summed E-state index contributed by atoms with van der Waals surface area (Å²) in [6, 6.07) is 6.51. The van der Waals surface area contributed by atoms with Crippen LogP contribution in [0.4, 0.5) is 11.4 Å². The summed E-state index contributed by atoms with van der Waals surface area (Å²) in [5, 5.41) is 18.1. The van der Waals surface area contributed by atoms with Gasteiger partial charge in [-0.1, -0.05) is 0 Å². The van der Waals surface area contributed by atoms with Gasteiger partial charge in [0.25, 0.3) is 5.69 Å². The van der Waals surface area contributed by atoms with Crippen LogP contribution in [0.2, 0.25) is 0 Å². The van der Waals surface area contributed by atoms with Crippen molar-refractivity contribution in [3.63, 3.8) is 0 Å². The molecule has 0 fully saturated rings. The van der Waals surface area contributed by atoms with E-state index in [1.54, 1.807) is 12.3 Å². The number of benzene rings is 1. The molecule has 0 saturated heterocycles. The molecule has 2 aromatic rings. The number of nitro benzene ring substituents is 1. The fraction of sp³-hybridized carbons (Fsp3) is 0.308. The topological polar surface area (TPSA) is 82.2 Å². The molecule has 2 rings (SSSR count). The van der Waals surface area contributed by atoms with Gasteiger partial charge in [0.05, 0.1) is 18.1 Å². The molecule has 7 nitrogen and oxygen atoms in total. The molecule has 0 bridgehead atoms. The Kier molecular flexibility index (Phi) is 4.54. The highest BCUT2D eigenvalue weighted by molar-refractivity contribution is 5.56. The third-order valence-corrected chi connectivity index (χ3v) is 2.79. The average molecular weight is 276 g/mol. The monoisotopic (exact) mass is 276 g/mol. The molecule has 0 aliphatic rings. The molecule has 20 heavy (non-hydrogen) atoms. The first-order valence-corrected chi connectivity index (χ1v) is 6.24. The van der Waals surface area contributed by atoms with Gasteiger partial charge in [0.1, 0.15) is 5.75 Å². The third kappa shape index (κ3) is 3.71. The van der Waals surface area contributed by atoms with Crippen LogP contribution in [0.3, 0.4) is 0 Å². The number of non-ortho nitro benzene ring substituents is 1. The molecule has 7 heteroatoms. The second-order valence-electron chi connectivity index (χ2n) is 4.23. The van der Waals surface area contributed by atoms with Crippen LogP contribution in [0.15, 0.2) is 36.7 Å². The number of hydrogen-bond acceptors (Lipinski definition) is 5. The summed E-state index contributed by atoms with van der Waals surface area (Å²) in [6.45, 7) is 1.50. The second-order valence-corrected chi connectivity index (χ2v) is 4.23. The predicted octanol–water partition coefficient (Wildman–Crippen LogP) is 2.30. The number of hydrogen-bond donors (Lipinski definition) is 1. The zero-order chi connectivity index (χ0) is 14.4. The average Bonchev–Trinajstić information content (AvgIpc) is 2.96. The first-order valence-electron chi connectivity index (χ1n) is 6.24. The molecule has 0 saturated carbocycles. The number of nitrogens with zero attached hydrogens (tertiary/aromatic N) is 3. The van der Waals surface area contributed by atoms with Crippen molar-refractivity contribution in [3.8, 4) is 5.75 Å². The van der Waals surface area contributed by atoms with E-state index in [-0.39, 0.29) is 5.69 Å². The van der Waals surface area contributed by atoms with E-state index in [1.165, 1.54) is 19.2 Å². The molecule has 1 heterocycles. The number of methoxy groups -OCH3 is 1. The van der Waals surface area contributed by atoms with E-state index >= 15 is 0 Å². The lowest BCUT2D eigenvalue weighted by Crippen LogP contribution is -2.07. The van der Waals surface area contributed by atoms with Crippen molar-refractivity contribution < 1.29 is 9.66 Å². The minimum atomic E-state index is -0.433. The maximum absolute atomic E-state index is 10.8. The molecular formula is C13H16N4O3. The summed E-state index contributed by atoms with van der Waals surface area (Å²) in [7, 11) is 1.49. The van der Waals surface area contributed by atoms with Gasteiger partial charge in [-0.25, -0.2) is 0 Å². The standard InChI is InChI=1S/C13H16N4O3/c1-20-13-9-11(8-12(10-13)17(18)19)14-4-2-6-16-7-3-5-15-16/h3,5,7-10,14H,2,4,6H2,1H3. The molecule has 0 amide bonds. The Morgan fingerprint density at radius 3 is 2.95 bits per heavy atom. The fourth-order valence-corrected chi connectivity index (χ4v) is 1.82. The quantitative estimate of drug-likeness (QED) is 0.476. The van der Waals surface area contributed by atoms with Crippen molar-refractivity contribution in [2.75, 3.05) is 19.0 Å². The van der Waals surface area contributed by atoms with Crippen molar-refractivity contribution in [1.29, 1.82) is 0 Å². The van der Waals surface area contributed by atoms with E-state index in [0.717, 1.165) is 13.0 Å². The SMILES string of the molecule is COc1cc(NCCCn2cccn2)cc([N+](=O)[O-])c1. The summed E-state index contributed by atoms with van der Waals surface area (Å²) < 4.78 is 6.90. The number of anilines is 1. The Bertz CT molecular complexity index is 569. The van der Waals surface area contributed by atoms with E-state index in [1.807, 2.05) is 16.9 Å². The van der Waals surface area contributed by atoms with Crippen LogP contribution in [0.25, 0.3) is 0 Å². The maximum Gasteiger partial charge on any atom is 0.275 e. The molecule has 1 N–H and O–H groups in total. The van der Waals surface area contributed by atoms with E-state index in [4.69, 9.17) is 4.74 Å². The van der Waals surface area contributed by atoms with Gasteiger partial charge >= 0.3 is 0 Å². The van der Waals surface area contributed by atoms with Gasteiger partial charge in [-0.15, -0.1) is 0 Å². The van der Waals surface area contributed by atoms with Gasteiger partial charge in [0.15, 0.2) is 0 Å². The van der Waals surface area contributed by atoms with Gasteiger partial charge < -0.3 is 10.1 Å². The number of aryl methyl sites for hydroxylation is 1. The van der Waals surface area contributed by atoms with Crippen molar-refractivity contribution >= 4 is 11.4 Å². The van der Waals surface area contributed by atoms with Crippen molar-refractivity contribution in [2.24, 2.45) is 0 Å².